The lowest BCUT2D eigenvalue weighted by Crippen LogP contribution is -2.08. The van der Waals surface area contributed by atoms with Crippen molar-refractivity contribution in [2.75, 3.05) is 0 Å². The minimum Gasteiger partial charge on any atom is -0.483 e. The molecule has 0 aliphatic rings. The molecule has 0 saturated heterocycles. The number of rotatable bonds is 6. The van der Waals surface area contributed by atoms with E-state index in [0.717, 1.165) is 35.5 Å². The van der Waals surface area contributed by atoms with Crippen molar-refractivity contribution in [3.8, 4) is 5.75 Å². The number of nitrogens with two attached hydrogens (primary N) is 1. The summed E-state index contributed by atoms with van der Waals surface area (Å²) in [5, 5.41) is 3.90. The SMILES string of the molecule is CCCc1noc(COc2ccc(C)cc2[C@H](C)N)n1. The summed E-state index contributed by atoms with van der Waals surface area (Å²) in [6.07, 6.45) is 1.81. The zero-order valence-electron chi connectivity index (χ0n) is 12.2. The highest BCUT2D eigenvalue weighted by Crippen LogP contribution is 2.25. The quantitative estimate of drug-likeness (QED) is 0.877. The number of ether oxygens (including phenoxy) is 1. The van der Waals surface area contributed by atoms with Crippen LogP contribution >= 0.6 is 0 Å². The Hall–Kier alpha value is -1.88. The zero-order chi connectivity index (χ0) is 14.5. The standard InChI is InChI=1S/C15H21N3O2/c1-4-5-14-17-15(20-18-14)9-19-13-7-6-10(2)8-12(13)11(3)16/h6-8,11H,4-5,9,16H2,1-3H3/t11-/m0/s1. The Balaban J connectivity index is 2.06. The Morgan fingerprint density at radius 1 is 1.40 bits per heavy atom. The third-order valence-electron chi connectivity index (χ3n) is 2.99. The van der Waals surface area contributed by atoms with Crippen LogP contribution in [0.2, 0.25) is 0 Å². The summed E-state index contributed by atoms with van der Waals surface area (Å²) in [5.41, 5.74) is 8.11. The third kappa shape index (κ3) is 3.57. The summed E-state index contributed by atoms with van der Waals surface area (Å²) < 4.78 is 10.9. The van der Waals surface area contributed by atoms with Crippen LogP contribution < -0.4 is 10.5 Å². The topological polar surface area (TPSA) is 74.2 Å². The van der Waals surface area contributed by atoms with Gasteiger partial charge < -0.3 is 15.0 Å². The zero-order valence-corrected chi connectivity index (χ0v) is 12.2. The molecule has 1 atom stereocenters. The minimum atomic E-state index is -0.0803. The maximum absolute atomic E-state index is 5.96. The lowest BCUT2D eigenvalue weighted by Gasteiger charge is -2.13. The van der Waals surface area contributed by atoms with E-state index < -0.39 is 0 Å². The van der Waals surface area contributed by atoms with Crippen molar-refractivity contribution >= 4 is 0 Å². The number of benzene rings is 1. The largest absolute Gasteiger partial charge is 0.483 e. The highest BCUT2D eigenvalue weighted by molar-refractivity contribution is 5.38. The Kier molecular flexibility index (Phi) is 4.74. The number of hydrogen-bond acceptors (Lipinski definition) is 5. The van der Waals surface area contributed by atoms with E-state index in [9.17, 15) is 0 Å². The molecule has 1 aromatic heterocycles. The molecule has 1 heterocycles. The van der Waals surface area contributed by atoms with Crippen LogP contribution in [0, 0.1) is 6.92 Å². The molecule has 0 aliphatic heterocycles. The van der Waals surface area contributed by atoms with Crippen LogP contribution in [-0.2, 0) is 13.0 Å². The molecule has 108 valence electrons. The van der Waals surface area contributed by atoms with Crippen molar-refractivity contribution in [2.45, 2.75) is 46.3 Å². The summed E-state index contributed by atoms with van der Waals surface area (Å²) in [7, 11) is 0. The molecule has 0 bridgehead atoms. The highest BCUT2D eigenvalue weighted by atomic mass is 16.5. The van der Waals surface area contributed by atoms with Gasteiger partial charge in [-0.3, -0.25) is 0 Å². The highest BCUT2D eigenvalue weighted by Gasteiger charge is 2.11. The van der Waals surface area contributed by atoms with E-state index in [0.29, 0.717) is 5.89 Å². The number of aromatic nitrogens is 2. The molecule has 20 heavy (non-hydrogen) atoms. The second-order valence-electron chi connectivity index (χ2n) is 4.97. The second kappa shape index (κ2) is 6.52. The first-order valence-electron chi connectivity index (χ1n) is 6.90. The van der Waals surface area contributed by atoms with E-state index in [1.165, 1.54) is 0 Å². The van der Waals surface area contributed by atoms with Gasteiger partial charge in [0.2, 0.25) is 0 Å². The van der Waals surface area contributed by atoms with Crippen LogP contribution in [0.5, 0.6) is 5.75 Å². The van der Waals surface area contributed by atoms with Gasteiger partial charge in [0.05, 0.1) is 0 Å². The first-order valence-corrected chi connectivity index (χ1v) is 6.90. The summed E-state index contributed by atoms with van der Waals surface area (Å²) >= 11 is 0. The van der Waals surface area contributed by atoms with Crippen LogP contribution in [0.3, 0.4) is 0 Å². The Labute approximate surface area is 119 Å². The third-order valence-corrected chi connectivity index (χ3v) is 2.99. The average Bonchev–Trinajstić information content (AvgIpc) is 2.85. The fourth-order valence-electron chi connectivity index (χ4n) is 1.97. The average molecular weight is 275 g/mol. The normalized spacial score (nSPS) is 12.4. The van der Waals surface area contributed by atoms with E-state index >= 15 is 0 Å². The molecule has 0 unspecified atom stereocenters. The molecule has 0 saturated carbocycles. The molecule has 2 aromatic rings. The molecule has 0 fully saturated rings. The first-order chi connectivity index (χ1) is 9.60. The Bertz CT molecular complexity index is 564. The van der Waals surface area contributed by atoms with Crippen LogP contribution in [0.25, 0.3) is 0 Å². The van der Waals surface area contributed by atoms with Gasteiger partial charge in [-0.2, -0.15) is 4.98 Å². The molecule has 0 aliphatic carbocycles. The summed E-state index contributed by atoms with van der Waals surface area (Å²) in [6, 6.07) is 5.88. The van der Waals surface area contributed by atoms with E-state index in [4.69, 9.17) is 15.0 Å². The molecule has 0 radical (unpaired) electrons. The molecular formula is C15H21N3O2. The molecule has 2 N–H and O–H groups in total. The van der Waals surface area contributed by atoms with E-state index in [1.54, 1.807) is 0 Å². The molecule has 1 aromatic carbocycles. The lowest BCUT2D eigenvalue weighted by molar-refractivity contribution is 0.240. The van der Waals surface area contributed by atoms with Crippen LogP contribution in [0.4, 0.5) is 0 Å². The van der Waals surface area contributed by atoms with Gasteiger partial charge in [0, 0.05) is 18.0 Å². The second-order valence-corrected chi connectivity index (χ2v) is 4.97. The maximum atomic E-state index is 5.96. The monoisotopic (exact) mass is 275 g/mol. The van der Waals surface area contributed by atoms with E-state index in [-0.39, 0.29) is 12.6 Å². The smallest absolute Gasteiger partial charge is 0.264 e. The predicted octanol–water partition coefficient (Wildman–Crippen LogP) is 2.93. The van der Waals surface area contributed by atoms with Crippen molar-refractivity contribution in [3.63, 3.8) is 0 Å². The van der Waals surface area contributed by atoms with Crippen molar-refractivity contribution in [1.82, 2.24) is 10.1 Å². The molecule has 5 nitrogen and oxygen atoms in total. The minimum absolute atomic E-state index is 0.0803. The summed E-state index contributed by atoms with van der Waals surface area (Å²) in [6.45, 7) is 6.31. The van der Waals surface area contributed by atoms with Gasteiger partial charge in [0.1, 0.15) is 5.75 Å². The van der Waals surface area contributed by atoms with E-state index in [2.05, 4.69) is 17.1 Å². The first kappa shape index (κ1) is 14.5. The van der Waals surface area contributed by atoms with Gasteiger partial charge in [-0.25, -0.2) is 0 Å². The number of nitrogens with zero attached hydrogens (tertiary/aromatic N) is 2. The van der Waals surface area contributed by atoms with Gasteiger partial charge in [0.15, 0.2) is 12.4 Å². The molecule has 5 heteroatoms. The van der Waals surface area contributed by atoms with Gasteiger partial charge >= 0.3 is 0 Å². The van der Waals surface area contributed by atoms with Gasteiger partial charge in [0.25, 0.3) is 5.89 Å². The Morgan fingerprint density at radius 3 is 2.90 bits per heavy atom. The molecule has 2 rings (SSSR count). The predicted molar refractivity (Wildman–Crippen MR) is 76.4 cm³/mol. The Morgan fingerprint density at radius 2 is 2.20 bits per heavy atom. The van der Waals surface area contributed by atoms with E-state index in [1.807, 2.05) is 32.0 Å². The molecular weight excluding hydrogens is 254 g/mol. The fourth-order valence-corrected chi connectivity index (χ4v) is 1.97. The maximum Gasteiger partial charge on any atom is 0.264 e. The summed E-state index contributed by atoms with van der Waals surface area (Å²) in [4.78, 5) is 4.27. The number of aryl methyl sites for hydroxylation is 2. The van der Waals surface area contributed by atoms with Gasteiger partial charge in [-0.05, 0) is 26.3 Å². The van der Waals surface area contributed by atoms with Crippen molar-refractivity contribution in [1.29, 1.82) is 0 Å². The van der Waals surface area contributed by atoms with Crippen LogP contribution in [0.15, 0.2) is 22.7 Å². The summed E-state index contributed by atoms with van der Waals surface area (Å²) in [5.74, 6) is 1.98. The van der Waals surface area contributed by atoms with Gasteiger partial charge in [-0.1, -0.05) is 29.8 Å². The fraction of sp³-hybridized carbons (Fsp3) is 0.467. The van der Waals surface area contributed by atoms with Crippen molar-refractivity contribution in [2.24, 2.45) is 5.73 Å². The molecule has 0 spiro atoms. The van der Waals surface area contributed by atoms with Crippen molar-refractivity contribution < 1.29 is 9.26 Å². The number of hydrogen-bond donors (Lipinski definition) is 1. The molecule has 0 amide bonds. The van der Waals surface area contributed by atoms with Crippen LogP contribution in [0.1, 0.15) is 49.2 Å². The van der Waals surface area contributed by atoms with Gasteiger partial charge in [-0.15, -0.1) is 0 Å². The van der Waals surface area contributed by atoms with Crippen molar-refractivity contribution in [3.05, 3.63) is 41.0 Å². The lowest BCUT2D eigenvalue weighted by atomic mass is 10.1. The van der Waals surface area contributed by atoms with Crippen LogP contribution in [-0.4, -0.2) is 10.1 Å².